The molecule has 0 radical (unpaired) electrons. The maximum atomic E-state index is 2.33. The van der Waals surface area contributed by atoms with Crippen LogP contribution in [-0.4, -0.2) is 0 Å². The molecular formula is C9H12. The second-order valence-electron chi connectivity index (χ2n) is 2.99. The Kier molecular flexibility index (Phi) is 1.18. The van der Waals surface area contributed by atoms with Crippen LogP contribution in [0.3, 0.4) is 0 Å². The van der Waals surface area contributed by atoms with E-state index in [9.17, 15) is 0 Å². The number of hydrogen-bond acceptors (Lipinski definition) is 0. The Morgan fingerprint density at radius 3 is 1.78 bits per heavy atom. The summed E-state index contributed by atoms with van der Waals surface area (Å²) < 4.78 is 0. The first-order valence-electron chi connectivity index (χ1n) is 3.81. The van der Waals surface area contributed by atoms with Gasteiger partial charge >= 0.3 is 0 Å². The van der Waals surface area contributed by atoms with Crippen molar-refractivity contribution in [2.45, 2.75) is 32.1 Å². The molecular weight excluding hydrogens is 108 g/mol. The van der Waals surface area contributed by atoms with Gasteiger partial charge in [-0.15, -0.1) is 0 Å². The van der Waals surface area contributed by atoms with Gasteiger partial charge in [-0.1, -0.05) is 23.3 Å². The summed E-state index contributed by atoms with van der Waals surface area (Å²) in [5.41, 5.74) is 3.38. The Hall–Kier alpha value is -0.520. The van der Waals surface area contributed by atoms with Crippen molar-refractivity contribution in [2.24, 2.45) is 0 Å². The highest BCUT2D eigenvalue weighted by molar-refractivity contribution is 5.24. The lowest BCUT2D eigenvalue weighted by atomic mass is 10.2. The summed E-state index contributed by atoms with van der Waals surface area (Å²) in [6.45, 7) is 0. The fraction of sp³-hybridized carbons (Fsp3) is 0.556. The first kappa shape index (κ1) is 5.28. The normalized spacial score (nSPS) is 20.9. The average molecular weight is 120 g/mol. The summed E-state index contributed by atoms with van der Waals surface area (Å²) >= 11 is 0. The summed E-state index contributed by atoms with van der Waals surface area (Å²) in [5.74, 6) is 0. The predicted octanol–water partition coefficient (Wildman–Crippen LogP) is 2.82. The van der Waals surface area contributed by atoms with Crippen LogP contribution in [0, 0.1) is 0 Å². The molecule has 0 fully saturated rings. The maximum absolute atomic E-state index is 2.33. The quantitative estimate of drug-likeness (QED) is 0.500. The van der Waals surface area contributed by atoms with Gasteiger partial charge in [0.1, 0.15) is 0 Å². The van der Waals surface area contributed by atoms with E-state index in [2.05, 4.69) is 12.2 Å². The van der Waals surface area contributed by atoms with Crippen molar-refractivity contribution in [1.82, 2.24) is 0 Å². The number of rotatable bonds is 4. The molecule has 0 bridgehead atoms. The highest BCUT2D eigenvalue weighted by Crippen LogP contribution is 2.29. The summed E-state index contributed by atoms with van der Waals surface area (Å²) in [6, 6.07) is 0. The molecule has 48 valence electrons. The van der Waals surface area contributed by atoms with Gasteiger partial charge in [0.15, 0.2) is 0 Å². The molecule has 0 N–H and O–H groups in total. The molecule has 0 atom stereocenters. The minimum absolute atomic E-state index is 1.32. The molecule has 0 aliphatic heterocycles. The molecule has 2 aliphatic rings. The van der Waals surface area contributed by atoms with Crippen molar-refractivity contribution in [3.63, 3.8) is 0 Å². The van der Waals surface area contributed by atoms with Crippen molar-refractivity contribution >= 4 is 0 Å². The molecule has 0 spiro atoms. The van der Waals surface area contributed by atoms with E-state index in [4.69, 9.17) is 0 Å². The van der Waals surface area contributed by atoms with Gasteiger partial charge in [-0.3, -0.25) is 0 Å². The lowest BCUT2D eigenvalue weighted by Crippen LogP contribution is -1.71. The van der Waals surface area contributed by atoms with E-state index in [-0.39, 0.29) is 0 Å². The van der Waals surface area contributed by atoms with Gasteiger partial charge in [0.2, 0.25) is 0 Å². The third kappa shape index (κ3) is 1.70. The topological polar surface area (TPSA) is 0 Å². The van der Waals surface area contributed by atoms with Crippen molar-refractivity contribution in [1.29, 1.82) is 0 Å². The van der Waals surface area contributed by atoms with Gasteiger partial charge in [-0.05, 0) is 32.1 Å². The zero-order chi connectivity index (χ0) is 6.10. The van der Waals surface area contributed by atoms with Crippen molar-refractivity contribution in [2.75, 3.05) is 0 Å². The first-order valence-corrected chi connectivity index (χ1v) is 3.81. The molecule has 9 heavy (non-hydrogen) atoms. The summed E-state index contributed by atoms with van der Waals surface area (Å²) in [6.07, 6.45) is 11.5. The molecule has 0 nitrogen and oxygen atoms in total. The highest BCUT2D eigenvalue weighted by Gasteiger charge is 2.09. The van der Waals surface area contributed by atoms with E-state index in [0.717, 1.165) is 0 Å². The zero-order valence-corrected chi connectivity index (χ0v) is 5.69. The van der Waals surface area contributed by atoms with Crippen LogP contribution in [0.15, 0.2) is 23.3 Å². The molecule has 0 heteroatoms. The Morgan fingerprint density at radius 1 is 1.00 bits per heavy atom. The second-order valence-corrected chi connectivity index (χ2v) is 2.99. The Balaban J connectivity index is 1.56. The van der Waals surface area contributed by atoms with E-state index in [1.165, 1.54) is 32.1 Å². The molecule has 2 rings (SSSR count). The smallest absolute Gasteiger partial charge is 0.0136 e. The van der Waals surface area contributed by atoms with Crippen LogP contribution >= 0.6 is 0 Å². The van der Waals surface area contributed by atoms with Crippen LogP contribution in [-0.2, 0) is 0 Å². The first-order chi connectivity index (χ1) is 4.45. The largest absolute Gasteiger partial charge is 0.0810 e. The van der Waals surface area contributed by atoms with Gasteiger partial charge < -0.3 is 0 Å². The molecule has 0 amide bonds. The van der Waals surface area contributed by atoms with E-state index in [1.54, 1.807) is 11.1 Å². The highest BCUT2D eigenvalue weighted by atomic mass is 14.2. The number of allylic oxidation sites excluding steroid dienone is 4. The minimum atomic E-state index is 1.32. The fourth-order valence-electron chi connectivity index (χ4n) is 1.10. The van der Waals surface area contributed by atoms with Crippen LogP contribution in [0.4, 0.5) is 0 Å². The van der Waals surface area contributed by atoms with E-state index >= 15 is 0 Å². The lowest BCUT2D eigenvalue weighted by Gasteiger charge is -1.90. The molecule has 0 saturated heterocycles. The van der Waals surface area contributed by atoms with Crippen molar-refractivity contribution < 1.29 is 0 Å². The molecule has 0 heterocycles. The Labute approximate surface area is 56.3 Å². The molecule has 0 unspecified atom stereocenters. The third-order valence-corrected chi connectivity index (χ3v) is 1.98. The molecule has 0 aromatic heterocycles. The lowest BCUT2D eigenvalue weighted by molar-refractivity contribution is 0.829. The predicted molar refractivity (Wildman–Crippen MR) is 39.3 cm³/mol. The Morgan fingerprint density at radius 2 is 1.44 bits per heavy atom. The van der Waals surface area contributed by atoms with Gasteiger partial charge in [0, 0.05) is 0 Å². The zero-order valence-electron chi connectivity index (χ0n) is 5.69. The summed E-state index contributed by atoms with van der Waals surface area (Å²) in [7, 11) is 0. The third-order valence-electron chi connectivity index (χ3n) is 1.98. The van der Waals surface area contributed by atoms with Gasteiger partial charge in [-0.25, -0.2) is 0 Å². The van der Waals surface area contributed by atoms with Crippen LogP contribution in [0.5, 0.6) is 0 Å². The van der Waals surface area contributed by atoms with Gasteiger partial charge in [-0.2, -0.15) is 0 Å². The molecule has 0 aromatic carbocycles. The SMILES string of the molecule is C1=C(CCCC2=CC2)C1. The maximum Gasteiger partial charge on any atom is -0.0136 e. The van der Waals surface area contributed by atoms with Gasteiger partial charge in [0.05, 0.1) is 0 Å². The minimum Gasteiger partial charge on any atom is -0.0810 e. The van der Waals surface area contributed by atoms with Gasteiger partial charge in [0.25, 0.3) is 0 Å². The standard InChI is InChI=1S/C9H12/c1(2-8-4-5-8)3-9-6-7-9/h4,6H,1-3,5,7H2. The van der Waals surface area contributed by atoms with E-state index in [1.807, 2.05) is 0 Å². The van der Waals surface area contributed by atoms with E-state index in [0.29, 0.717) is 0 Å². The number of hydrogen-bond donors (Lipinski definition) is 0. The molecule has 2 aliphatic carbocycles. The second kappa shape index (κ2) is 2.02. The summed E-state index contributed by atoms with van der Waals surface area (Å²) in [5, 5.41) is 0. The van der Waals surface area contributed by atoms with Crippen LogP contribution < -0.4 is 0 Å². The molecule has 0 saturated carbocycles. The van der Waals surface area contributed by atoms with Crippen molar-refractivity contribution in [3.05, 3.63) is 23.3 Å². The van der Waals surface area contributed by atoms with Crippen LogP contribution in [0.25, 0.3) is 0 Å². The fourth-order valence-corrected chi connectivity index (χ4v) is 1.10. The molecule has 0 aromatic rings. The Bertz CT molecular complexity index is 152. The average Bonchev–Trinajstić information content (AvgIpc) is 2.57. The van der Waals surface area contributed by atoms with E-state index < -0.39 is 0 Å². The summed E-state index contributed by atoms with van der Waals surface area (Å²) in [4.78, 5) is 0. The van der Waals surface area contributed by atoms with Crippen LogP contribution in [0.2, 0.25) is 0 Å². The monoisotopic (exact) mass is 120 g/mol. The van der Waals surface area contributed by atoms with Crippen LogP contribution in [0.1, 0.15) is 32.1 Å². The van der Waals surface area contributed by atoms with Crippen molar-refractivity contribution in [3.8, 4) is 0 Å².